The Hall–Kier alpha value is -3.23. The Labute approximate surface area is 162 Å². The number of amides is 1. The number of alkyl halides is 11. The summed E-state index contributed by atoms with van der Waals surface area (Å²) in [6.45, 7) is 0. The van der Waals surface area contributed by atoms with Gasteiger partial charge >= 0.3 is 30.2 Å². The predicted molar refractivity (Wildman–Crippen MR) is 73.4 cm³/mol. The van der Waals surface area contributed by atoms with E-state index in [1.54, 1.807) is 0 Å². The summed E-state index contributed by atoms with van der Waals surface area (Å²) in [5.41, 5.74) is -3.08. The summed E-state index contributed by atoms with van der Waals surface area (Å²) in [6, 6.07) is 2.20. The number of hydrogen-bond acceptors (Lipinski definition) is 5. The number of non-ortho nitro benzene ring substituents is 1. The Kier molecular flexibility index (Phi) is 6.49. The highest BCUT2D eigenvalue weighted by molar-refractivity contribution is 5.98. The van der Waals surface area contributed by atoms with Crippen molar-refractivity contribution in [3.05, 3.63) is 33.9 Å². The monoisotopic (exact) mass is 475 g/mol. The summed E-state index contributed by atoms with van der Waals surface area (Å²) in [5, 5.41) is 20.2. The third kappa shape index (κ3) is 4.76. The van der Waals surface area contributed by atoms with E-state index in [9.17, 15) is 63.2 Å². The molecule has 1 atom stereocenters. The first-order chi connectivity index (χ1) is 13.7. The Morgan fingerprint density at radius 2 is 1.52 bits per heavy atom. The number of nitro groups is 1. The van der Waals surface area contributed by atoms with Crippen LogP contribution in [0.2, 0.25) is 0 Å². The second-order valence-electron chi connectivity index (χ2n) is 5.34. The number of nitro benzene ring substituents is 1. The normalized spacial score (nSPS) is 15.0. The van der Waals surface area contributed by atoms with Gasteiger partial charge in [-0.3, -0.25) is 19.6 Å². The number of ether oxygens (including phenoxy) is 1. The van der Waals surface area contributed by atoms with Crippen LogP contribution < -0.4 is 5.32 Å². The maximum atomic E-state index is 14.1. The van der Waals surface area contributed by atoms with Gasteiger partial charge in [-0.25, -0.2) is 0 Å². The zero-order valence-corrected chi connectivity index (χ0v) is 13.9. The molecule has 7 nitrogen and oxygen atoms in total. The van der Waals surface area contributed by atoms with Crippen molar-refractivity contribution >= 4 is 17.3 Å². The molecular formula is C13H4F11N3O4. The van der Waals surface area contributed by atoms with Crippen molar-refractivity contribution in [1.29, 1.82) is 5.26 Å². The first-order valence-corrected chi connectivity index (χ1v) is 6.99. The standard InChI is InChI=1S/C13H4F11N3O4/c14-9(11(17,18)19,31-13(23,24)10(15,16)12(20,21)22)8(28)26-7-2-1-6(27(29)30)3-5(7)4-25/h1-3H,(H,26,28). The predicted octanol–water partition coefficient (Wildman–Crippen LogP) is 4.44. The van der Waals surface area contributed by atoms with Gasteiger partial charge < -0.3 is 5.32 Å². The molecule has 0 aliphatic heterocycles. The molecule has 0 bridgehead atoms. The first kappa shape index (κ1) is 25.8. The lowest BCUT2D eigenvalue weighted by Crippen LogP contribution is -2.62. The molecule has 0 aliphatic rings. The third-order valence-corrected chi connectivity index (χ3v) is 3.23. The fourth-order valence-electron chi connectivity index (χ4n) is 1.69. The van der Waals surface area contributed by atoms with Crippen LogP contribution in [0.1, 0.15) is 5.56 Å². The number of nitrogens with zero attached hydrogens (tertiary/aromatic N) is 2. The van der Waals surface area contributed by atoms with E-state index in [2.05, 4.69) is 4.74 Å². The van der Waals surface area contributed by atoms with Gasteiger partial charge in [0.15, 0.2) is 0 Å². The Bertz CT molecular complexity index is 923. The molecule has 18 heteroatoms. The molecule has 1 aromatic carbocycles. The molecule has 1 N–H and O–H groups in total. The molecule has 0 saturated carbocycles. The van der Waals surface area contributed by atoms with Crippen LogP contribution in [0.3, 0.4) is 0 Å². The lowest BCUT2D eigenvalue weighted by molar-refractivity contribution is -0.472. The SMILES string of the molecule is N#Cc1cc([N+](=O)[O-])ccc1NC(=O)C(F)(OC(F)(F)C(F)(F)C(F)(F)F)C(F)(F)F. The topological polar surface area (TPSA) is 105 Å². The van der Waals surface area contributed by atoms with Crippen molar-refractivity contribution in [2.45, 2.75) is 30.2 Å². The van der Waals surface area contributed by atoms with Gasteiger partial charge in [-0.15, -0.1) is 0 Å². The summed E-state index contributed by atoms with van der Waals surface area (Å²) < 4.78 is 143. The molecule has 31 heavy (non-hydrogen) atoms. The first-order valence-electron chi connectivity index (χ1n) is 6.99. The van der Waals surface area contributed by atoms with Crippen molar-refractivity contribution in [3.8, 4) is 6.07 Å². The number of carbonyl (C=O) groups excluding carboxylic acids is 1. The van der Waals surface area contributed by atoms with Crippen LogP contribution in [0.4, 0.5) is 59.7 Å². The average molecular weight is 475 g/mol. The smallest absolute Gasteiger partial charge is 0.320 e. The number of halogens is 11. The number of nitriles is 1. The summed E-state index contributed by atoms with van der Waals surface area (Å²) in [5.74, 6) is -17.2. The fraction of sp³-hybridized carbons (Fsp3) is 0.385. The Morgan fingerprint density at radius 3 is 1.90 bits per heavy atom. The minimum Gasteiger partial charge on any atom is -0.320 e. The van der Waals surface area contributed by atoms with Gasteiger partial charge in [-0.2, -0.15) is 53.6 Å². The largest absolute Gasteiger partial charge is 0.462 e. The maximum absolute atomic E-state index is 14.1. The molecule has 0 radical (unpaired) electrons. The van der Waals surface area contributed by atoms with Crippen LogP contribution in [0.15, 0.2) is 18.2 Å². The molecular weight excluding hydrogens is 471 g/mol. The van der Waals surface area contributed by atoms with Gasteiger partial charge in [-0.05, 0) is 6.07 Å². The van der Waals surface area contributed by atoms with Crippen LogP contribution in [-0.4, -0.2) is 41.1 Å². The number of carbonyl (C=O) groups is 1. The van der Waals surface area contributed by atoms with Crippen molar-refractivity contribution in [3.63, 3.8) is 0 Å². The third-order valence-electron chi connectivity index (χ3n) is 3.23. The zero-order chi connectivity index (χ0) is 24.6. The molecule has 1 unspecified atom stereocenters. The van der Waals surface area contributed by atoms with Crippen LogP contribution in [0.25, 0.3) is 0 Å². The van der Waals surface area contributed by atoms with Crippen molar-refractivity contribution in [2.75, 3.05) is 5.32 Å². The average Bonchev–Trinajstić information content (AvgIpc) is 2.59. The van der Waals surface area contributed by atoms with Crippen LogP contribution in [0, 0.1) is 21.4 Å². The van der Waals surface area contributed by atoms with E-state index < -0.39 is 58.0 Å². The molecule has 1 amide bonds. The van der Waals surface area contributed by atoms with E-state index in [0.29, 0.717) is 18.2 Å². The molecule has 0 saturated heterocycles. The van der Waals surface area contributed by atoms with Gasteiger partial charge in [-0.1, -0.05) is 0 Å². The van der Waals surface area contributed by atoms with Gasteiger partial charge in [0, 0.05) is 12.1 Å². The zero-order valence-electron chi connectivity index (χ0n) is 13.9. The van der Waals surface area contributed by atoms with Crippen molar-refractivity contribution in [1.82, 2.24) is 0 Å². The molecule has 0 aliphatic carbocycles. The molecule has 0 fully saturated rings. The Balaban J connectivity index is 3.43. The Morgan fingerprint density at radius 1 is 1.00 bits per heavy atom. The second kappa shape index (κ2) is 7.79. The minimum atomic E-state index is -7.37. The highest BCUT2D eigenvalue weighted by atomic mass is 19.4. The maximum Gasteiger partial charge on any atom is 0.462 e. The summed E-state index contributed by atoms with van der Waals surface area (Å²) >= 11 is 0. The summed E-state index contributed by atoms with van der Waals surface area (Å²) in [6.07, 6.45) is -21.4. The number of benzene rings is 1. The van der Waals surface area contributed by atoms with E-state index in [-0.39, 0.29) is 0 Å². The fourth-order valence-corrected chi connectivity index (χ4v) is 1.69. The van der Waals surface area contributed by atoms with E-state index >= 15 is 0 Å². The number of hydrogen-bond donors (Lipinski definition) is 1. The van der Waals surface area contributed by atoms with Gasteiger partial charge in [0.2, 0.25) is 0 Å². The van der Waals surface area contributed by atoms with Crippen molar-refractivity contribution in [2.24, 2.45) is 0 Å². The molecule has 0 aromatic heterocycles. The molecule has 0 heterocycles. The number of rotatable bonds is 6. The van der Waals surface area contributed by atoms with Crippen molar-refractivity contribution < 1.29 is 62.7 Å². The lowest BCUT2D eigenvalue weighted by atomic mass is 10.1. The van der Waals surface area contributed by atoms with Crippen LogP contribution in [0.5, 0.6) is 0 Å². The minimum absolute atomic E-state index is 0.327. The lowest BCUT2D eigenvalue weighted by Gasteiger charge is -2.34. The highest BCUT2D eigenvalue weighted by Crippen LogP contribution is 2.51. The van der Waals surface area contributed by atoms with E-state index in [0.717, 1.165) is 11.4 Å². The van der Waals surface area contributed by atoms with Crippen LogP contribution in [-0.2, 0) is 9.53 Å². The van der Waals surface area contributed by atoms with E-state index in [1.807, 2.05) is 0 Å². The molecule has 172 valence electrons. The quantitative estimate of drug-likeness (QED) is 0.372. The van der Waals surface area contributed by atoms with E-state index in [1.165, 1.54) is 0 Å². The number of nitrogens with one attached hydrogen (secondary N) is 1. The molecule has 1 aromatic rings. The number of anilines is 1. The van der Waals surface area contributed by atoms with Gasteiger partial charge in [0.25, 0.3) is 11.6 Å². The molecule has 0 spiro atoms. The molecule has 1 rings (SSSR count). The van der Waals surface area contributed by atoms with Crippen LogP contribution >= 0.6 is 0 Å². The second-order valence-corrected chi connectivity index (χ2v) is 5.34. The van der Waals surface area contributed by atoms with Gasteiger partial charge in [0.1, 0.15) is 6.07 Å². The summed E-state index contributed by atoms with van der Waals surface area (Å²) in [4.78, 5) is 21.0. The van der Waals surface area contributed by atoms with Gasteiger partial charge in [0.05, 0.1) is 16.2 Å². The van der Waals surface area contributed by atoms with E-state index in [4.69, 9.17) is 5.26 Å². The summed E-state index contributed by atoms with van der Waals surface area (Å²) in [7, 11) is 0. The highest BCUT2D eigenvalue weighted by Gasteiger charge is 2.79.